The highest BCUT2D eigenvalue weighted by Crippen LogP contribution is 2.31. The van der Waals surface area contributed by atoms with Crippen molar-refractivity contribution in [2.24, 2.45) is 13.0 Å². The van der Waals surface area contributed by atoms with Gasteiger partial charge < -0.3 is 15.0 Å². The summed E-state index contributed by atoms with van der Waals surface area (Å²) in [5, 5.41) is 5.31. The van der Waals surface area contributed by atoms with Crippen molar-refractivity contribution < 1.29 is 22.4 Å². The Morgan fingerprint density at radius 1 is 1.14 bits per heavy atom. The second-order valence-corrected chi connectivity index (χ2v) is 9.37. The van der Waals surface area contributed by atoms with Crippen LogP contribution in [-0.2, 0) is 19.8 Å². The third-order valence-electron chi connectivity index (χ3n) is 6.08. The molecule has 4 heterocycles. The minimum absolute atomic E-state index is 0.0152. The molecule has 0 fully saturated rings. The number of hydrogen-bond donors (Lipinski definition) is 1. The maximum Gasteiger partial charge on any atom is 0.417 e. The van der Waals surface area contributed by atoms with Gasteiger partial charge in [-0.05, 0) is 24.1 Å². The van der Waals surface area contributed by atoms with Gasteiger partial charge in [-0.2, -0.15) is 18.3 Å². The molecule has 0 spiro atoms. The SMILES string of the molecule is CC(C)CN(Cc1cn2cc(C(F)(F)F)ccc2n1)C(=O)c1cc2c(cc1F)nc(N)c1cnn(C)c12. The predicted octanol–water partition coefficient (Wildman–Crippen LogP) is 4.81. The highest BCUT2D eigenvalue weighted by molar-refractivity contribution is 6.10. The molecule has 8 nitrogen and oxygen atoms in total. The highest BCUT2D eigenvalue weighted by atomic mass is 19.4. The van der Waals surface area contributed by atoms with E-state index < -0.39 is 23.5 Å². The zero-order valence-corrected chi connectivity index (χ0v) is 20.2. The second kappa shape index (κ2) is 8.71. The maximum absolute atomic E-state index is 15.2. The van der Waals surface area contributed by atoms with Gasteiger partial charge in [0.2, 0.25) is 0 Å². The number of amides is 1. The van der Waals surface area contributed by atoms with Gasteiger partial charge >= 0.3 is 6.18 Å². The zero-order chi connectivity index (χ0) is 26.6. The number of fused-ring (bicyclic) bond motifs is 4. The van der Waals surface area contributed by atoms with Crippen LogP contribution < -0.4 is 5.73 Å². The quantitative estimate of drug-likeness (QED) is 0.341. The number of halogens is 4. The number of imidazole rings is 1. The Kier molecular flexibility index (Phi) is 5.76. The van der Waals surface area contributed by atoms with Crippen LogP contribution in [0.1, 0.15) is 35.5 Å². The van der Waals surface area contributed by atoms with Gasteiger partial charge in [0.25, 0.3) is 5.91 Å². The minimum atomic E-state index is -4.50. The maximum atomic E-state index is 15.2. The molecule has 0 bridgehead atoms. The first-order chi connectivity index (χ1) is 17.4. The molecule has 5 rings (SSSR count). The van der Waals surface area contributed by atoms with E-state index in [9.17, 15) is 18.0 Å². The lowest BCUT2D eigenvalue weighted by molar-refractivity contribution is -0.137. The van der Waals surface area contributed by atoms with Crippen molar-refractivity contribution >= 4 is 39.2 Å². The standard InChI is InChI=1S/C25H23F4N7O/c1-13(2)9-36(12-15-11-35-10-14(25(27,28)29)4-5-21(35)32-15)24(37)16-6-17-20(7-19(16)26)33-23(30)18-8-31-34(3)22(17)18/h4-8,10-11,13H,9,12H2,1-3H3,(H2,30,33). The molecular weight excluding hydrogens is 490 g/mol. The lowest BCUT2D eigenvalue weighted by Crippen LogP contribution is -2.34. The molecule has 192 valence electrons. The molecule has 12 heteroatoms. The van der Waals surface area contributed by atoms with E-state index in [4.69, 9.17) is 5.73 Å². The molecule has 5 aromatic rings. The number of carbonyl (C=O) groups excluding carboxylic acids is 1. The average Bonchev–Trinajstić information content (AvgIpc) is 3.40. The number of aryl methyl sites for hydroxylation is 1. The van der Waals surface area contributed by atoms with Gasteiger partial charge in [0, 0.05) is 37.4 Å². The Morgan fingerprint density at radius 3 is 2.59 bits per heavy atom. The number of aromatic nitrogens is 5. The molecule has 0 aliphatic heterocycles. The first-order valence-electron chi connectivity index (χ1n) is 11.5. The van der Waals surface area contributed by atoms with Crippen LogP contribution in [-0.4, -0.2) is 41.5 Å². The number of alkyl halides is 3. The number of pyridine rings is 2. The topological polar surface area (TPSA) is 94.3 Å². The first-order valence-corrected chi connectivity index (χ1v) is 11.5. The molecule has 0 unspecified atom stereocenters. The average molecular weight is 513 g/mol. The molecule has 2 N–H and O–H groups in total. The lowest BCUT2D eigenvalue weighted by Gasteiger charge is -2.24. The zero-order valence-electron chi connectivity index (χ0n) is 20.2. The molecule has 1 aromatic carbocycles. The first kappa shape index (κ1) is 24.5. The van der Waals surface area contributed by atoms with Crippen LogP contribution in [0.15, 0.2) is 42.9 Å². The van der Waals surface area contributed by atoms with Gasteiger partial charge in [0.1, 0.15) is 17.3 Å². The number of carbonyl (C=O) groups is 1. The normalized spacial score (nSPS) is 12.3. The van der Waals surface area contributed by atoms with E-state index in [2.05, 4.69) is 15.1 Å². The molecule has 0 aliphatic carbocycles. The third kappa shape index (κ3) is 4.43. The van der Waals surface area contributed by atoms with E-state index in [1.807, 2.05) is 13.8 Å². The number of hydrogen-bond acceptors (Lipinski definition) is 5. The van der Waals surface area contributed by atoms with E-state index in [0.29, 0.717) is 33.1 Å². The Morgan fingerprint density at radius 2 is 1.89 bits per heavy atom. The summed E-state index contributed by atoms with van der Waals surface area (Å²) in [5.74, 6) is -1.10. The van der Waals surface area contributed by atoms with Crippen molar-refractivity contribution in [2.45, 2.75) is 26.6 Å². The van der Waals surface area contributed by atoms with Crippen LogP contribution in [0.4, 0.5) is 23.4 Å². The summed E-state index contributed by atoms with van der Waals surface area (Å²) >= 11 is 0. The van der Waals surface area contributed by atoms with E-state index in [-0.39, 0.29) is 30.4 Å². The van der Waals surface area contributed by atoms with Gasteiger partial charge in [0.05, 0.1) is 46.0 Å². The number of nitrogen functional groups attached to an aromatic ring is 1. The lowest BCUT2D eigenvalue weighted by atomic mass is 10.1. The number of nitrogens with zero attached hydrogens (tertiary/aromatic N) is 6. The predicted molar refractivity (Wildman–Crippen MR) is 130 cm³/mol. The third-order valence-corrected chi connectivity index (χ3v) is 6.08. The van der Waals surface area contributed by atoms with Gasteiger partial charge in [0.15, 0.2) is 0 Å². The summed E-state index contributed by atoms with van der Waals surface area (Å²) in [5.41, 5.74) is 6.62. The van der Waals surface area contributed by atoms with E-state index in [1.54, 1.807) is 17.9 Å². The van der Waals surface area contributed by atoms with Gasteiger partial charge in [-0.3, -0.25) is 9.48 Å². The number of rotatable bonds is 5. The van der Waals surface area contributed by atoms with E-state index in [1.165, 1.54) is 33.7 Å². The van der Waals surface area contributed by atoms with Crippen molar-refractivity contribution in [2.75, 3.05) is 12.3 Å². The Balaban J connectivity index is 1.55. The summed E-state index contributed by atoms with van der Waals surface area (Å²) in [6.07, 6.45) is -0.555. The summed E-state index contributed by atoms with van der Waals surface area (Å²) in [7, 11) is 1.71. The molecule has 1 amide bonds. The molecule has 0 saturated carbocycles. The number of anilines is 1. The van der Waals surface area contributed by atoms with E-state index >= 15 is 4.39 Å². The molecule has 0 atom stereocenters. The smallest absolute Gasteiger partial charge is 0.383 e. The molecule has 37 heavy (non-hydrogen) atoms. The molecular formula is C25H23F4N7O. The van der Waals surface area contributed by atoms with Crippen LogP contribution in [0.25, 0.3) is 27.5 Å². The van der Waals surface area contributed by atoms with Crippen molar-refractivity contribution in [1.29, 1.82) is 0 Å². The van der Waals surface area contributed by atoms with Crippen molar-refractivity contribution in [3.05, 3.63) is 65.5 Å². The number of nitrogens with two attached hydrogens (primary N) is 1. The van der Waals surface area contributed by atoms with Crippen LogP contribution in [0.2, 0.25) is 0 Å². The summed E-state index contributed by atoms with van der Waals surface area (Å²) < 4.78 is 57.4. The van der Waals surface area contributed by atoms with Gasteiger partial charge in [-0.25, -0.2) is 14.4 Å². The molecule has 0 saturated heterocycles. The fraction of sp³-hybridized carbons (Fsp3) is 0.280. The Hall–Kier alpha value is -4.22. The fourth-order valence-corrected chi connectivity index (χ4v) is 4.46. The number of benzene rings is 1. The molecule has 4 aromatic heterocycles. The van der Waals surface area contributed by atoms with Crippen LogP contribution in [0.3, 0.4) is 0 Å². The van der Waals surface area contributed by atoms with Gasteiger partial charge in [-0.15, -0.1) is 0 Å². The molecule has 0 radical (unpaired) electrons. The van der Waals surface area contributed by atoms with Crippen LogP contribution in [0, 0.1) is 11.7 Å². The van der Waals surface area contributed by atoms with E-state index in [0.717, 1.165) is 12.3 Å². The van der Waals surface area contributed by atoms with Crippen molar-refractivity contribution in [1.82, 2.24) is 29.0 Å². The summed E-state index contributed by atoms with van der Waals surface area (Å²) in [6.45, 7) is 4.07. The minimum Gasteiger partial charge on any atom is -0.383 e. The highest BCUT2D eigenvalue weighted by Gasteiger charge is 2.31. The van der Waals surface area contributed by atoms with Crippen molar-refractivity contribution in [3.63, 3.8) is 0 Å². The Labute approximate surface area is 208 Å². The van der Waals surface area contributed by atoms with Crippen molar-refractivity contribution in [3.8, 4) is 0 Å². The van der Waals surface area contributed by atoms with Gasteiger partial charge in [-0.1, -0.05) is 13.8 Å². The summed E-state index contributed by atoms with van der Waals surface area (Å²) in [4.78, 5) is 23.7. The largest absolute Gasteiger partial charge is 0.417 e. The summed E-state index contributed by atoms with van der Waals surface area (Å²) in [6, 6.07) is 4.83. The fourth-order valence-electron chi connectivity index (χ4n) is 4.46. The monoisotopic (exact) mass is 513 g/mol. The van der Waals surface area contributed by atoms with Crippen LogP contribution in [0.5, 0.6) is 0 Å². The second-order valence-electron chi connectivity index (χ2n) is 9.37. The molecule has 0 aliphatic rings. The van der Waals surface area contributed by atoms with Crippen LogP contribution >= 0.6 is 0 Å². The Bertz CT molecular complexity index is 1670.